The van der Waals surface area contributed by atoms with Gasteiger partial charge in [-0.2, -0.15) is 9.97 Å². The average Bonchev–Trinajstić information content (AvgIpc) is 4.06. The molecule has 0 saturated carbocycles. The van der Waals surface area contributed by atoms with Gasteiger partial charge >= 0.3 is 0 Å². The fourth-order valence-electron chi connectivity index (χ4n) is 8.70. The second-order valence-corrected chi connectivity index (χ2v) is 14.7. The van der Waals surface area contributed by atoms with Gasteiger partial charge in [-0.1, -0.05) is 103 Å². The lowest BCUT2D eigenvalue weighted by molar-refractivity contribution is 0.667. The van der Waals surface area contributed by atoms with Crippen LogP contribution in [0.15, 0.2) is 188 Å². The fraction of sp³-hybridized carbons (Fsp3) is 0. The average molecular weight is 761 g/mol. The normalized spacial score (nSPS) is 12.1. The molecule has 276 valence electrons. The van der Waals surface area contributed by atoms with Crippen molar-refractivity contribution >= 4 is 105 Å². The lowest BCUT2D eigenvalue weighted by atomic mass is 10.1. The molecule has 13 aromatic rings. The summed E-state index contributed by atoms with van der Waals surface area (Å²) in [6, 6.07) is 56.8. The Balaban J connectivity index is 1.15. The number of aromatic nitrogens is 3. The van der Waals surface area contributed by atoms with Gasteiger partial charge in [-0.15, -0.1) is 0 Å². The van der Waals surface area contributed by atoms with Crippen LogP contribution in [0.4, 0.5) is 17.3 Å². The summed E-state index contributed by atoms with van der Waals surface area (Å²) in [7, 11) is 0. The van der Waals surface area contributed by atoms with Gasteiger partial charge in [0.1, 0.15) is 39.1 Å². The molecule has 0 aliphatic heterocycles. The molecule has 5 aromatic heterocycles. The van der Waals surface area contributed by atoms with E-state index in [0.717, 1.165) is 99.1 Å². The van der Waals surface area contributed by atoms with Gasteiger partial charge in [-0.25, -0.2) is 4.98 Å². The van der Waals surface area contributed by atoms with E-state index in [-0.39, 0.29) is 0 Å². The molecule has 0 amide bonds. The van der Waals surface area contributed by atoms with Gasteiger partial charge in [0, 0.05) is 43.3 Å². The summed E-state index contributed by atoms with van der Waals surface area (Å²) >= 11 is 0. The molecule has 0 saturated heterocycles. The molecule has 0 unspecified atom stereocenters. The van der Waals surface area contributed by atoms with Crippen molar-refractivity contribution in [3.63, 3.8) is 0 Å². The molecule has 59 heavy (non-hydrogen) atoms. The van der Waals surface area contributed by atoms with Gasteiger partial charge in [0.25, 0.3) is 0 Å². The van der Waals surface area contributed by atoms with Crippen LogP contribution in [0.25, 0.3) is 111 Å². The Kier molecular flexibility index (Phi) is 6.56. The second kappa shape index (κ2) is 12.1. The Bertz CT molecular complexity index is 3830. The Morgan fingerprint density at radius 1 is 0.339 bits per heavy atom. The van der Waals surface area contributed by atoms with Crippen molar-refractivity contribution in [2.75, 3.05) is 4.90 Å². The second-order valence-electron chi connectivity index (χ2n) is 14.7. The quantitative estimate of drug-likeness (QED) is 0.171. The summed E-state index contributed by atoms with van der Waals surface area (Å²) in [6.07, 6.45) is 0. The maximum absolute atomic E-state index is 6.73. The van der Waals surface area contributed by atoms with E-state index >= 15 is 0 Å². The summed E-state index contributed by atoms with van der Waals surface area (Å²) < 4.78 is 26.0. The molecule has 8 heteroatoms. The van der Waals surface area contributed by atoms with E-state index in [1.165, 1.54) is 0 Å². The highest BCUT2D eigenvalue weighted by Gasteiger charge is 2.27. The Morgan fingerprint density at radius 3 is 1.61 bits per heavy atom. The van der Waals surface area contributed by atoms with Crippen molar-refractivity contribution in [3.05, 3.63) is 170 Å². The minimum absolute atomic E-state index is 0.390. The first-order valence-corrected chi connectivity index (χ1v) is 19.4. The SMILES string of the molecule is c1ccc2c(c1)oc1ccc(-c3nc(-c4cccc5c4oc4ccccc45)nc(N(c4cccc5c4oc4ccccc45)c4cccc5oc6ccccc6c45)n3)cc12. The van der Waals surface area contributed by atoms with E-state index in [9.17, 15) is 0 Å². The first kappa shape index (κ1) is 31.9. The first-order chi connectivity index (χ1) is 29.2. The molecule has 5 heterocycles. The third kappa shape index (κ3) is 4.74. The molecule has 8 nitrogen and oxygen atoms in total. The van der Waals surface area contributed by atoms with Gasteiger partial charge in [-0.05, 0) is 66.7 Å². The molecule has 0 spiro atoms. The summed E-state index contributed by atoms with van der Waals surface area (Å²) in [4.78, 5) is 18.1. The maximum atomic E-state index is 6.73. The Morgan fingerprint density at radius 2 is 0.847 bits per heavy atom. The molecule has 0 aliphatic rings. The Labute approximate surface area is 334 Å². The summed E-state index contributed by atoms with van der Waals surface area (Å²) in [5.74, 6) is 1.33. The lowest BCUT2D eigenvalue weighted by Crippen LogP contribution is -2.16. The molecule has 0 fully saturated rings. The van der Waals surface area contributed by atoms with Gasteiger partial charge in [0.2, 0.25) is 5.95 Å². The Hall–Kier alpha value is -8.23. The van der Waals surface area contributed by atoms with Crippen LogP contribution in [-0.2, 0) is 0 Å². The van der Waals surface area contributed by atoms with Gasteiger partial charge in [0.05, 0.1) is 22.3 Å². The minimum atomic E-state index is 0.390. The van der Waals surface area contributed by atoms with E-state index < -0.39 is 0 Å². The van der Waals surface area contributed by atoms with Crippen LogP contribution in [0.2, 0.25) is 0 Å². The molecular weight excluding hydrogens is 733 g/mol. The fourth-order valence-corrected chi connectivity index (χ4v) is 8.70. The predicted molar refractivity (Wildman–Crippen MR) is 234 cm³/mol. The van der Waals surface area contributed by atoms with Gasteiger partial charge in [-0.3, -0.25) is 4.90 Å². The van der Waals surface area contributed by atoms with Crippen LogP contribution >= 0.6 is 0 Å². The predicted octanol–water partition coefficient (Wildman–Crippen LogP) is 14.3. The highest BCUT2D eigenvalue weighted by molar-refractivity contribution is 6.16. The van der Waals surface area contributed by atoms with Crippen molar-refractivity contribution in [3.8, 4) is 22.8 Å². The van der Waals surface area contributed by atoms with E-state index in [0.29, 0.717) is 28.8 Å². The standard InChI is InChI=1S/C51H28N4O4/c1-6-22-41-30(12-1)33-16-9-18-36(47(33)58-41)50-52-49(29-26-27-44-37(28-29)32-14-3-5-21-40(32)56-44)53-51(54-50)55(38-19-11-25-45-46(38)35-15-4-8-24-43(35)57-45)39-20-10-17-34-31-13-2-7-23-42(31)59-48(34)39/h1-28H. The van der Waals surface area contributed by atoms with Crippen LogP contribution in [0.1, 0.15) is 0 Å². The number of benzene rings is 8. The van der Waals surface area contributed by atoms with E-state index in [2.05, 4.69) is 65.6 Å². The molecule has 0 radical (unpaired) electrons. The van der Waals surface area contributed by atoms with Crippen molar-refractivity contribution < 1.29 is 17.7 Å². The number of fused-ring (bicyclic) bond motifs is 12. The number of para-hydroxylation sites is 6. The number of hydrogen-bond donors (Lipinski definition) is 0. The zero-order valence-electron chi connectivity index (χ0n) is 31.1. The summed E-state index contributed by atoms with van der Waals surface area (Å²) in [6.45, 7) is 0. The van der Waals surface area contributed by atoms with Crippen molar-refractivity contribution in [2.24, 2.45) is 0 Å². The monoisotopic (exact) mass is 760 g/mol. The third-order valence-corrected chi connectivity index (χ3v) is 11.3. The van der Waals surface area contributed by atoms with Crippen LogP contribution in [0.3, 0.4) is 0 Å². The topological polar surface area (TPSA) is 94.5 Å². The van der Waals surface area contributed by atoms with E-state index in [1.807, 2.05) is 109 Å². The van der Waals surface area contributed by atoms with Gasteiger partial charge < -0.3 is 17.7 Å². The number of hydrogen-bond acceptors (Lipinski definition) is 8. The maximum Gasteiger partial charge on any atom is 0.238 e. The lowest BCUT2D eigenvalue weighted by Gasteiger charge is -2.24. The summed E-state index contributed by atoms with van der Waals surface area (Å²) in [5.41, 5.74) is 9.23. The molecular formula is C51H28N4O4. The molecule has 13 rings (SSSR count). The third-order valence-electron chi connectivity index (χ3n) is 11.3. The number of rotatable bonds is 5. The highest BCUT2D eigenvalue weighted by atomic mass is 16.3. The smallest absolute Gasteiger partial charge is 0.238 e. The number of anilines is 3. The highest BCUT2D eigenvalue weighted by Crippen LogP contribution is 2.46. The zero-order chi connectivity index (χ0) is 38.6. The van der Waals surface area contributed by atoms with Gasteiger partial charge in [0.15, 0.2) is 17.2 Å². The van der Waals surface area contributed by atoms with Crippen molar-refractivity contribution in [1.29, 1.82) is 0 Å². The summed E-state index contributed by atoms with van der Waals surface area (Å²) in [5, 5.41) is 7.88. The largest absolute Gasteiger partial charge is 0.456 e. The molecule has 0 aliphatic carbocycles. The molecule has 0 N–H and O–H groups in total. The van der Waals surface area contributed by atoms with Crippen LogP contribution in [-0.4, -0.2) is 15.0 Å². The van der Waals surface area contributed by atoms with Crippen LogP contribution in [0, 0.1) is 0 Å². The van der Waals surface area contributed by atoms with E-state index in [1.54, 1.807) is 0 Å². The zero-order valence-corrected chi connectivity index (χ0v) is 31.1. The van der Waals surface area contributed by atoms with Crippen LogP contribution in [0.5, 0.6) is 0 Å². The van der Waals surface area contributed by atoms with Crippen molar-refractivity contribution in [2.45, 2.75) is 0 Å². The van der Waals surface area contributed by atoms with Crippen molar-refractivity contribution in [1.82, 2.24) is 15.0 Å². The van der Waals surface area contributed by atoms with E-state index in [4.69, 9.17) is 32.6 Å². The van der Waals surface area contributed by atoms with Crippen LogP contribution < -0.4 is 4.90 Å². The first-order valence-electron chi connectivity index (χ1n) is 19.4. The minimum Gasteiger partial charge on any atom is -0.456 e. The molecule has 8 aromatic carbocycles. The molecule has 0 atom stereocenters. The number of furan rings is 4. The number of nitrogens with zero attached hydrogens (tertiary/aromatic N) is 4. The molecule has 0 bridgehead atoms.